The van der Waals surface area contributed by atoms with E-state index in [1.54, 1.807) is 4.57 Å². The summed E-state index contributed by atoms with van der Waals surface area (Å²) in [5.74, 6) is -9.58. The second-order valence-corrected chi connectivity index (χ2v) is 5.63. The highest BCUT2D eigenvalue weighted by Crippen LogP contribution is 2.26. The Labute approximate surface area is 128 Å². The molecule has 0 saturated carbocycles. The molecular weight excluding hydrogens is 321 g/mol. The quantitative estimate of drug-likeness (QED) is 0.366. The predicted molar refractivity (Wildman–Crippen MR) is 67.1 cm³/mol. The third-order valence-corrected chi connectivity index (χ3v) is 3.82. The van der Waals surface area contributed by atoms with Crippen molar-refractivity contribution in [1.82, 2.24) is 9.78 Å². The number of nitrogens with zero attached hydrogens (tertiary/aromatic N) is 3. The van der Waals surface area contributed by atoms with E-state index < -0.39 is 34.8 Å². The lowest BCUT2D eigenvalue weighted by Gasteiger charge is -2.22. The van der Waals surface area contributed by atoms with Crippen molar-refractivity contribution in [2.24, 2.45) is 5.92 Å². The lowest BCUT2D eigenvalue weighted by molar-refractivity contribution is -0.749. The smallest absolute Gasteiger partial charge is 0.304 e. The molecule has 0 N–H and O–H groups in total. The van der Waals surface area contributed by atoms with E-state index in [0.717, 1.165) is 0 Å². The minimum atomic E-state index is -2.20. The summed E-state index contributed by atoms with van der Waals surface area (Å²) in [6.07, 6.45) is 1.22. The molecular formula is C14H13F5N3O+. The lowest BCUT2D eigenvalue weighted by atomic mass is 10.0. The molecule has 124 valence electrons. The van der Waals surface area contributed by atoms with Crippen LogP contribution in [-0.2, 0) is 11.3 Å². The van der Waals surface area contributed by atoms with Crippen LogP contribution in [0, 0.1) is 35.0 Å². The number of halogens is 5. The normalized spacial score (nSPS) is 17.7. The molecule has 23 heavy (non-hydrogen) atoms. The van der Waals surface area contributed by atoms with Crippen LogP contribution in [0.15, 0.2) is 6.33 Å². The molecule has 0 amide bonds. The number of rotatable bonds is 2. The van der Waals surface area contributed by atoms with Crippen LogP contribution in [0.25, 0.3) is 5.69 Å². The zero-order valence-corrected chi connectivity index (χ0v) is 12.3. The molecule has 0 aliphatic carbocycles. The lowest BCUT2D eigenvalue weighted by Crippen LogP contribution is -2.49. The Morgan fingerprint density at radius 3 is 2.22 bits per heavy atom. The van der Waals surface area contributed by atoms with Crippen molar-refractivity contribution in [2.75, 3.05) is 6.61 Å². The first kappa shape index (κ1) is 15.9. The number of hydrogen-bond acceptors (Lipinski definition) is 2. The first-order valence-corrected chi connectivity index (χ1v) is 6.92. The summed E-state index contributed by atoms with van der Waals surface area (Å²) in [6.45, 7) is 4.31. The molecule has 4 nitrogen and oxygen atoms in total. The fraction of sp³-hybridized carbons (Fsp3) is 0.429. The fourth-order valence-electron chi connectivity index (χ4n) is 2.53. The Kier molecular flexibility index (Phi) is 3.83. The molecule has 0 fully saturated rings. The van der Waals surface area contributed by atoms with Gasteiger partial charge in [0.1, 0.15) is 12.6 Å². The van der Waals surface area contributed by atoms with Crippen LogP contribution < -0.4 is 4.57 Å². The Morgan fingerprint density at radius 1 is 1.09 bits per heavy atom. The third kappa shape index (κ3) is 2.39. The largest absolute Gasteiger partial charge is 0.367 e. The van der Waals surface area contributed by atoms with E-state index in [0.29, 0.717) is 17.1 Å². The van der Waals surface area contributed by atoms with Crippen molar-refractivity contribution in [2.45, 2.75) is 26.5 Å². The molecule has 0 bridgehead atoms. The summed E-state index contributed by atoms with van der Waals surface area (Å²) in [5, 5.41) is 3.91. The van der Waals surface area contributed by atoms with Crippen LogP contribution in [-0.4, -0.2) is 16.4 Å². The number of aromatic nitrogens is 3. The highest BCUT2D eigenvalue weighted by molar-refractivity contribution is 5.36. The summed E-state index contributed by atoms with van der Waals surface area (Å²) in [5.41, 5.74) is -1.11. The van der Waals surface area contributed by atoms with Gasteiger partial charge in [0.2, 0.25) is 41.1 Å². The molecule has 1 atom stereocenters. The van der Waals surface area contributed by atoms with Crippen LogP contribution in [0.1, 0.15) is 25.7 Å². The highest BCUT2D eigenvalue weighted by atomic mass is 19.2. The van der Waals surface area contributed by atoms with Gasteiger partial charge < -0.3 is 4.74 Å². The highest BCUT2D eigenvalue weighted by Gasteiger charge is 2.35. The zero-order chi connectivity index (χ0) is 16.9. The van der Waals surface area contributed by atoms with Crippen LogP contribution in [0.2, 0.25) is 0 Å². The summed E-state index contributed by atoms with van der Waals surface area (Å²) in [7, 11) is 0. The van der Waals surface area contributed by atoms with Gasteiger partial charge >= 0.3 is 5.82 Å². The average molecular weight is 334 g/mol. The Morgan fingerprint density at radius 2 is 1.65 bits per heavy atom. The van der Waals surface area contributed by atoms with Crippen LogP contribution in [0.3, 0.4) is 0 Å². The average Bonchev–Trinajstić information content (AvgIpc) is 2.94. The molecule has 0 spiro atoms. The van der Waals surface area contributed by atoms with Crippen molar-refractivity contribution in [3.05, 3.63) is 41.2 Å². The monoisotopic (exact) mass is 334 g/mol. The van der Waals surface area contributed by atoms with E-state index in [-0.39, 0.29) is 18.6 Å². The topological polar surface area (TPSA) is 30.9 Å². The molecule has 0 saturated heterocycles. The van der Waals surface area contributed by atoms with Gasteiger partial charge in [-0.05, 0) is 5.92 Å². The third-order valence-electron chi connectivity index (χ3n) is 3.82. The summed E-state index contributed by atoms with van der Waals surface area (Å²) < 4.78 is 75.2. The molecule has 3 rings (SSSR count). The van der Waals surface area contributed by atoms with E-state index >= 15 is 0 Å². The number of hydrogen-bond donors (Lipinski definition) is 0. The van der Waals surface area contributed by atoms with Gasteiger partial charge in [-0.3, -0.25) is 0 Å². The zero-order valence-electron chi connectivity index (χ0n) is 12.3. The molecule has 1 unspecified atom stereocenters. The SMILES string of the molecule is CC(C)C1COCc2nn(-c3c(F)c(F)c(F)c(F)c3F)c[n+]21. The van der Waals surface area contributed by atoms with Gasteiger partial charge in [0.25, 0.3) is 0 Å². The molecule has 1 aromatic carbocycles. The second-order valence-electron chi connectivity index (χ2n) is 5.63. The Balaban J connectivity index is 2.19. The van der Waals surface area contributed by atoms with Crippen molar-refractivity contribution >= 4 is 0 Å². The van der Waals surface area contributed by atoms with Gasteiger partial charge in [0.15, 0.2) is 0 Å². The number of fused-ring (bicyclic) bond motifs is 1. The Hall–Kier alpha value is -2.03. The van der Waals surface area contributed by atoms with Gasteiger partial charge in [-0.1, -0.05) is 18.5 Å². The summed E-state index contributed by atoms with van der Waals surface area (Å²) in [4.78, 5) is 0. The van der Waals surface area contributed by atoms with Crippen molar-refractivity contribution in [1.29, 1.82) is 0 Å². The molecule has 9 heteroatoms. The maximum absolute atomic E-state index is 13.9. The van der Waals surface area contributed by atoms with Crippen molar-refractivity contribution in [3.63, 3.8) is 0 Å². The van der Waals surface area contributed by atoms with Gasteiger partial charge in [-0.15, -0.1) is 0 Å². The maximum atomic E-state index is 13.9. The summed E-state index contributed by atoms with van der Waals surface area (Å²) >= 11 is 0. The van der Waals surface area contributed by atoms with E-state index in [2.05, 4.69) is 5.10 Å². The van der Waals surface area contributed by atoms with E-state index in [1.165, 1.54) is 6.33 Å². The minimum absolute atomic E-state index is 0.0889. The van der Waals surface area contributed by atoms with E-state index in [9.17, 15) is 22.0 Å². The number of ether oxygens (including phenoxy) is 1. The van der Waals surface area contributed by atoms with Gasteiger partial charge in [-0.25, -0.2) is 17.7 Å². The fourth-order valence-corrected chi connectivity index (χ4v) is 2.53. The van der Waals surface area contributed by atoms with Crippen LogP contribution in [0.4, 0.5) is 22.0 Å². The van der Waals surface area contributed by atoms with Crippen LogP contribution in [0.5, 0.6) is 0 Å². The summed E-state index contributed by atoms with van der Waals surface area (Å²) in [6, 6.07) is -0.145. The van der Waals surface area contributed by atoms with Crippen LogP contribution >= 0.6 is 0 Å². The first-order chi connectivity index (χ1) is 10.8. The molecule has 1 aromatic heterocycles. The molecule has 1 aliphatic heterocycles. The molecule has 1 aliphatic rings. The van der Waals surface area contributed by atoms with Gasteiger partial charge in [0.05, 0.1) is 6.61 Å². The van der Waals surface area contributed by atoms with Gasteiger partial charge in [-0.2, -0.15) is 8.78 Å². The predicted octanol–water partition coefficient (Wildman–Crippen LogP) is 2.58. The minimum Gasteiger partial charge on any atom is -0.367 e. The maximum Gasteiger partial charge on any atom is 0.304 e. The Bertz CT molecular complexity index is 745. The standard InChI is InChI=1S/C14H13F5N3O/c1-6(2)7-3-23-4-8-20-22(5-21(7)8)14-12(18)10(16)9(15)11(17)13(14)19/h5-7H,3-4H2,1-2H3/q+1. The molecule has 0 radical (unpaired) electrons. The first-order valence-electron chi connectivity index (χ1n) is 6.92. The second kappa shape index (κ2) is 5.55. The molecule has 2 aromatic rings. The molecule has 2 heterocycles. The van der Waals surface area contributed by atoms with E-state index in [1.807, 2.05) is 13.8 Å². The van der Waals surface area contributed by atoms with Gasteiger partial charge in [0, 0.05) is 5.10 Å². The van der Waals surface area contributed by atoms with Crippen molar-refractivity contribution in [3.8, 4) is 5.69 Å². The number of benzene rings is 1. The van der Waals surface area contributed by atoms with E-state index in [4.69, 9.17) is 4.74 Å². The van der Waals surface area contributed by atoms with Crippen molar-refractivity contribution < 1.29 is 31.3 Å².